The Bertz CT molecular complexity index is 6.00. The van der Waals surface area contributed by atoms with Gasteiger partial charge in [0.15, 0.2) is 0 Å². The van der Waals surface area contributed by atoms with E-state index >= 15 is 0 Å². The minimum absolute atomic E-state index is 0.486. The Morgan fingerprint density at radius 2 is 1.25 bits per heavy atom. The van der Waals surface area contributed by atoms with Crippen LogP contribution >= 0.6 is 0 Å². The summed E-state index contributed by atoms with van der Waals surface area (Å²) in [5, 5.41) is 18.0. The molecule has 2 radical (unpaired) electrons. The van der Waals surface area contributed by atoms with E-state index in [1.807, 2.05) is 0 Å². The van der Waals surface area contributed by atoms with Gasteiger partial charge >= 0.3 is 0 Å². The summed E-state index contributed by atoms with van der Waals surface area (Å²) in [5.74, 6) is 0. The Kier molecular flexibility index (Phi) is 2.86. The van der Waals surface area contributed by atoms with Gasteiger partial charge in [0.2, 0.25) is 0 Å². The second-order valence-electron chi connectivity index (χ2n) is 0.408. The highest BCUT2D eigenvalue weighted by Gasteiger charge is 1.64. The average molecular weight is 60.1 g/mol. The minimum atomic E-state index is -0.486. The Balaban J connectivity index is 1.97. The van der Waals surface area contributed by atoms with Gasteiger partial charge in [-0.2, -0.15) is 0 Å². The van der Waals surface area contributed by atoms with Crippen molar-refractivity contribution in [1.82, 2.24) is 0 Å². The van der Waals surface area contributed by atoms with Crippen LogP contribution in [0.4, 0.5) is 0 Å². The van der Waals surface area contributed by atoms with Gasteiger partial charge in [-0.15, -0.1) is 0 Å². The maximum Gasteiger partial charge on any atom is 0.109 e. The molecule has 24 valence electrons. The first kappa shape index (κ1) is 3.92. The van der Waals surface area contributed by atoms with Gasteiger partial charge in [-0.05, 0) is 0 Å². The van der Waals surface area contributed by atoms with Crippen LogP contribution in [0.15, 0.2) is 0 Å². The van der Waals surface area contributed by atoms with Crippen LogP contribution < -0.4 is 0 Å². The molecule has 0 bridgehead atoms. The van der Waals surface area contributed by atoms with Gasteiger partial charge in [-0.25, -0.2) is 10.2 Å². The Morgan fingerprint density at radius 1 is 1.00 bits per heavy atom. The van der Waals surface area contributed by atoms with Crippen molar-refractivity contribution in [1.29, 1.82) is 0 Å². The van der Waals surface area contributed by atoms with Gasteiger partial charge in [-0.1, -0.05) is 0 Å². The summed E-state index contributed by atoms with van der Waals surface area (Å²) in [6, 6.07) is 0. The predicted molar refractivity (Wildman–Crippen MR) is 11.1 cm³/mol. The molecule has 0 rings (SSSR count). The lowest BCUT2D eigenvalue weighted by atomic mass is 10.8. The van der Waals surface area contributed by atoms with Gasteiger partial charge in [0.05, 0.1) is 0 Å². The Morgan fingerprint density at radius 3 is 1.25 bits per heavy atom. The molecule has 0 spiro atoms. The molecule has 4 heavy (non-hydrogen) atoms. The van der Waals surface area contributed by atoms with E-state index in [1.54, 1.807) is 0 Å². The highest BCUT2D eigenvalue weighted by Crippen LogP contribution is 1.44. The molecular weight excluding hydrogens is 56.0 g/mol. The van der Waals surface area contributed by atoms with E-state index in [2.05, 4.69) is 0 Å². The number of rotatable bonds is 1. The molecule has 0 unspecified atom stereocenters. The first-order valence-electron chi connectivity index (χ1n) is 1.08. The third-order valence-electron chi connectivity index (χ3n) is 0.0833. The van der Waals surface area contributed by atoms with Crippen molar-refractivity contribution in [3.05, 3.63) is 0 Å². The molecule has 2 nitrogen and oxygen atoms in total. The van der Waals surface area contributed by atoms with E-state index in [0.717, 1.165) is 0 Å². The van der Waals surface area contributed by atoms with Gasteiger partial charge in [-0.3, -0.25) is 0 Å². The smallest absolute Gasteiger partial charge is 0.109 e. The summed E-state index contributed by atoms with van der Waals surface area (Å²) in [6.07, 6.45) is 0. The van der Waals surface area contributed by atoms with Crippen molar-refractivity contribution in [2.75, 3.05) is 13.2 Å². The first-order chi connectivity index (χ1) is 1.91. The topological polar surface area (TPSA) is 39.8 Å². The SMILES string of the molecule is [O]CC[O]. The molecule has 0 aromatic heterocycles. The molecular formula is C2H4O2. The van der Waals surface area contributed by atoms with Gasteiger partial charge < -0.3 is 0 Å². The molecule has 0 aliphatic rings. The Labute approximate surface area is 24.7 Å². The summed E-state index contributed by atoms with van der Waals surface area (Å²) in [7, 11) is 0. The van der Waals surface area contributed by atoms with E-state index in [4.69, 9.17) is 10.2 Å². The molecule has 0 atom stereocenters. The normalized spacial score (nSPS) is 7.50. The lowest BCUT2D eigenvalue weighted by Gasteiger charge is -1.61. The van der Waals surface area contributed by atoms with Gasteiger partial charge in [0.1, 0.15) is 13.2 Å². The van der Waals surface area contributed by atoms with Crippen LogP contribution in [0.3, 0.4) is 0 Å². The van der Waals surface area contributed by atoms with Crippen molar-refractivity contribution in [2.24, 2.45) is 0 Å². The molecule has 0 aromatic rings. The second-order valence-corrected chi connectivity index (χ2v) is 0.408. The van der Waals surface area contributed by atoms with Crippen molar-refractivity contribution < 1.29 is 10.2 Å². The fraction of sp³-hybridized carbons (Fsp3) is 1.00. The number of hydrogen-bond donors (Lipinski definition) is 0. The maximum absolute atomic E-state index is 8.99. The highest BCUT2D eigenvalue weighted by atomic mass is 16.3. The van der Waals surface area contributed by atoms with E-state index < -0.39 is 13.2 Å². The van der Waals surface area contributed by atoms with Crippen LogP contribution in [0.5, 0.6) is 0 Å². The molecule has 0 amide bonds. The van der Waals surface area contributed by atoms with Crippen LogP contribution in [0.25, 0.3) is 0 Å². The molecule has 2 heteroatoms. The average Bonchev–Trinajstić information content (AvgIpc) is 1.37. The van der Waals surface area contributed by atoms with Crippen molar-refractivity contribution in [3.63, 3.8) is 0 Å². The van der Waals surface area contributed by atoms with Crippen molar-refractivity contribution in [2.45, 2.75) is 0 Å². The van der Waals surface area contributed by atoms with Crippen molar-refractivity contribution >= 4 is 0 Å². The third kappa shape index (κ3) is 1.92. The van der Waals surface area contributed by atoms with E-state index in [1.165, 1.54) is 0 Å². The highest BCUT2D eigenvalue weighted by molar-refractivity contribution is 4.05. The predicted octanol–water partition coefficient (Wildman–Crippen LogP) is -0.153. The molecule has 0 heterocycles. The van der Waals surface area contributed by atoms with Crippen LogP contribution in [0.2, 0.25) is 0 Å². The molecule has 0 aliphatic carbocycles. The fourth-order valence-corrected chi connectivity index (χ4v) is 0. The number of hydrogen-bond acceptors (Lipinski definition) is 0. The standard InChI is InChI=1S/C2H4O2/c3-1-2-4/h1-2H2. The molecule has 0 fully saturated rings. The Hall–Kier alpha value is -0.0800. The molecule has 0 saturated heterocycles. The molecule has 0 N–H and O–H groups in total. The monoisotopic (exact) mass is 60.0 g/mol. The maximum atomic E-state index is 8.99. The van der Waals surface area contributed by atoms with Crippen LogP contribution in [0.1, 0.15) is 0 Å². The van der Waals surface area contributed by atoms with Crippen molar-refractivity contribution in [3.8, 4) is 0 Å². The summed E-state index contributed by atoms with van der Waals surface area (Å²) >= 11 is 0. The zero-order valence-electron chi connectivity index (χ0n) is 2.23. The van der Waals surface area contributed by atoms with Crippen LogP contribution in [-0.4, -0.2) is 13.2 Å². The lowest BCUT2D eigenvalue weighted by molar-refractivity contribution is 0.0866. The van der Waals surface area contributed by atoms with Gasteiger partial charge in [0, 0.05) is 0 Å². The summed E-state index contributed by atoms with van der Waals surface area (Å²) in [4.78, 5) is 0. The largest absolute Gasteiger partial charge is 0.234 e. The summed E-state index contributed by atoms with van der Waals surface area (Å²) < 4.78 is 0. The van der Waals surface area contributed by atoms with E-state index in [0.29, 0.717) is 0 Å². The molecule has 0 aromatic carbocycles. The van der Waals surface area contributed by atoms with Gasteiger partial charge in [0.25, 0.3) is 0 Å². The second kappa shape index (κ2) is 2.92. The minimum Gasteiger partial charge on any atom is -0.234 e. The molecule has 0 saturated carbocycles. The molecule has 0 aliphatic heterocycles. The van der Waals surface area contributed by atoms with E-state index in [-0.39, 0.29) is 0 Å². The van der Waals surface area contributed by atoms with Crippen LogP contribution in [0, 0.1) is 0 Å². The quantitative estimate of drug-likeness (QED) is 0.403. The third-order valence-corrected chi connectivity index (χ3v) is 0.0833. The zero-order chi connectivity index (χ0) is 3.41. The lowest BCUT2D eigenvalue weighted by Crippen LogP contribution is -1.80. The van der Waals surface area contributed by atoms with Crippen LogP contribution in [-0.2, 0) is 10.2 Å². The first-order valence-corrected chi connectivity index (χ1v) is 1.08. The zero-order valence-corrected chi connectivity index (χ0v) is 2.23. The fourth-order valence-electron chi connectivity index (χ4n) is 0. The van der Waals surface area contributed by atoms with E-state index in [9.17, 15) is 0 Å². The summed E-state index contributed by atoms with van der Waals surface area (Å²) in [5.41, 5.74) is 0. The summed E-state index contributed by atoms with van der Waals surface area (Å²) in [6.45, 7) is -0.972.